The van der Waals surface area contributed by atoms with E-state index in [0.717, 1.165) is 0 Å². The lowest BCUT2D eigenvalue weighted by Crippen LogP contribution is -2.59. The van der Waals surface area contributed by atoms with Crippen molar-refractivity contribution < 1.29 is 50.3 Å². The molecule has 10 nitrogen and oxygen atoms in total. The summed E-state index contributed by atoms with van der Waals surface area (Å²) in [5.74, 6) is 0. The first kappa shape index (κ1) is 19.9. The molecule has 0 spiro atoms. The van der Waals surface area contributed by atoms with Crippen molar-refractivity contribution in [3.8, 4) is 0 Å². The number of rotatable bonds is 6. The minimum Gasteiger partial charge on any atom is -0.396 e. The van der Waals surface area contributed by atoms with Gasteiger partial charge in [0.25, 0.3) is 0 Å². The van der Waals surface area contributed by atoms with Crippen molar-refractivity contribution in [3.05, 3.63) is 0 Å². The predicted molar refractivity (Wildman–Crippen MR) is 76.7 cm³/mol. The van der Waals surface area contributed by atoms with Crippen LogP contribution in [-0.4, -0.2) is 116 Å². The van der Waals surface area contributed by atoms with E-state index in [-0.39, 0.29) is 19.6 Å². The van der Waals surface area contributed by atoms with Crippen LogP contribution in [0.25, 0.3) is 0 Å². The highest BCUT2D eigenvalue weighted by molar-refractivity contribution is 5.02. The van der Waals surface area contributed by atoms with E-state index in [1.807, 2.05) is 0 Å². The number of aliphatic hydroxyl groups is 8. The van der Waals surface area contributed by atoms with Gasteiger partial charge < -0.3 is 50.3 Å². The van der Waals surface area contributed by atoms with Crippen LogP contribution in [0.5, 0.6) is 0 Å². The van der Waals surface area contributed by atoms with Gasteiger partial charge in [-0.05, 0) is 6.42 Å². The van der Waals surface area contributed by atoms with Crippen LogP contribution in [0.1, 0.15) is 6.42 Å². The van der Waals surface area contributed by atoms with E-state index in [1.165, 1.54) is 0 Å². The fraction of sp³-hybridized carbons (Fsp3) is 1.00. The molecule has 142 valence electrons. The maximum atomic E-state index is 9.99. The van der Waals surface area contributed by atoms with Gasteiger partial charge in [-0.1, -0.05) is 0 Å². The largest absolute Gasteiger partial charge is 0.396 e. The smallest absolute Gasteiger partial charge is 0.111 e. The van der Waals surface area contributed by atoms with E-state index in [4.69, 9.17) is 14.6 Å². The zero-order valence-electron chi connectivity index (χ0n) is 13.0. The molecule has 0 aromatic rings. The molecule has 0 radical (unpaired) electrons. The fourth-order valence-electron chi connectivity index (χ4n) is 3.27. The van der Waals surface area contributed by atoms with Crippen LogP contribution in [0.15, 0.2) is 0 Å². The monoisotopic (exact) mass is 354 g/mol. The lowest BCUT2D eigenvalue weighted by Gasteiger charge is -2.40. The standard InChI is InChI=1S/C14H26O10/c15-2-7-10(19)12(21)11(20)8(24-7)3-23-5-14(4-16)1-6(17)9(18)13(14)22/h6-13,15-22H,1-5H2. The Balaban J connectivity index is 1.93. The van der Waals surface area contributed by atoms with Crippen molar-refractivity contribution in [1.82, 2.24) is 0 Å². The minimum atomic E-state index is -1.52. The molecule has 8 N–H and O–H groups in total. The van der Waals surface area contributed by atoms with Crippen LogP contribution >= 0.6 is 0 Å². The molecule has 2 fully saturated rings. The molecule has 10 heteroatoms. The van der Waals surface area contributed by atoms with Gasteiger partial charge in [0.1, 0.15) is 36.6 Å². The molecule has 9 unspecified atom stereocenters. The zero-order chi connectivity index (χ0) is 18.1. The summed E-state index contributed by atoms with van der Waals surface area (Å²) in [5, 5.41) is 77.2. The molecular weight excluding hydrogens is 328 g/mol. The van der Waals surface area contributed by atoms with Gasteiger partial charge in [-0.3, -0.25) is 0 Å². The Labute approximate surface area is 138 Å². The summed E-state index contributed by atoms with van der Waals surface area (Å²) in [6.07, 6.45) is -10.6. The van der Waals surface area contributed by atoms with Crippen molar-refractivity contribution in [2.24, 2.45) is 5.41 Å². The molecular formula is C14H26O10. The maximum Gasteiger partial charge on any atom is 0.111 e. The van der Waals surface area contributed by atoms with Crippen molar-refractivity contribution >= 4 is 0 Å². The van der Waals surface area contributed by atoms with Gasteiger partial charge in [-0.2, -0.15) is 0 Å². The Morgan fingerprint density at radius 3 is 2.00 bits per heavy atom. The summed E-state index contributed by atoms with van der Waals surface area (Å²) < 4.78 is 10.6. The second-order valence-electron chi connectivity index (χ2n) is 6.61. The molecule has 1 aliphatic carbocycles. The average Bonchev–Trinajstić information content (AvgIpc) is 2.79. The molecule has 2 rings (SSSR count). The molecule has 1 aliphatic heterocycles. The van der Waals surface area contributed by atoms with Crippen LogP contribution in [0, 0.1) is 5.41 Å². The number of hydrogen-bond donors (Lipinski definition) is 8. The van der Waals surface area contributed by atoms with Crippen molar-refractivity contribution in [1.29, 1.82) is 0 Å². The number of hydrogen-bond acceptors (Lipinski definition) is 10. The van der Waals surface area contributed by atoms with Crippen molar-refractivity contribution in [2.45, 2.75) is 55.3 Å². The van der Waals surface area contributed by atoms with E-state index >= 15 is 0 Å². The SMILES string of the molecule is OCC1OC(COCC2(CO)CC(O)C(O)C2O)C(O)C(O)C1O. The van der Waals surface area contributed by atoms with Crippen LogP contribution < -0.4 is 0 Å². The van der Waals surface area contributed by atoms with Gasteiger partial charge in [0.2, 0.25) is 0 Å². The maximum absolute atomic E-state index is 9.99. The average molecular weight is 354 g/mol. The Morgan fingerprint density at radius 2 is 1.50 bits per heavy atom. The summed E-state index contributed by atoms with van der Waals surface area (Å²) in [7, 11) is 0. The highest BCUT2D eigenvalue weighted by Crippen LogP contribution is 2.39. The molecule has 1 saturated heterocycles. The summed E-state index contributed by atoms with van der Waals surface area (Å²) in [6.45, 7) is -1.56. The third-order valence-electron chi connectivity index (χ3n) is 4.94. The summed E-state index contributed by atoms with van der Waals surface area (Å²) in [6, 6.07) is 0. The number of ether oxygens (including phenoxy) is 2. The minimum absolute atomic E-state index is 0.0689. The molecule has 0 bridgehead atoms. The van der Waals surface area contributed by atoms with Crippen LogP contribution in [0.4, 0.5) is 0 Å². The second-order valence-corrected chi connectivity index (χ2v) is 6.61. The van der Waals surface area contributed by atoms with E-state index in [1.54, 1.807) is 0 Å². The zero-order valence-corrected chi connectivity index (χ0v) is 13.0. The Hall–Kier alpha value is -0.400. The molecule has 1 saturated carbocycles. The second kappa shape index (κ2) is 7.87. The number of aliphatic hydroxyl groups excluding tert-OH is 8. The van der Waals surface area contributed by atoms with E-state index < -0.39 is 67.5 Å². The van der Waals surface area contributed by atoms with Gasteiger partial charge >= 0.3 is 0 Å². The molecule has 1 heterocycles. The van der Waals surface area contributed by atoms with Gasteiger partial charge in [0.15, 0.2) is 0 Å². The lowest BCUT2D eigenvalue weighted by atomic mass is 9.85. The molecule has 0 aromatic carbocycles. The highest BCUT2D eigenvalue weighted by Gasteiger charge is 2.52. The quantitative estimate of drug-likeness (QED) is 0.231. The van der Waals surface area contributed by atoms with Crippen LogP contribution in [0.2, 0.25) is 0 Å². The Bertz CT molecular complexity index is 407. The first-order valence-electron chi connectivity index (χ1n) is 7.80. The molecule has 24 heavy (non-hydrogen) atoms. The van der Waals surface area contributed by atoms with Gasteiger partial charge in [0.05, 0.1) is 38.6 Å². The van der Waals surface area contributed by atoms with Crippen LogP contribution in [-0.2, 0) is 9.47 Å². The molecule has 2 aliphatic rings. The van der Waals surface area contributed by atoms with Gasteiger partial charge in [-0.25, -0.2) is 0 Å². The van der Waals surface area contributed by atoms with Crippen molar-refractivity contribution in [2.75, 3.05) is 26.4 Å². The highest BCUT2D eigenvalue weighted by atomic mass is 16.6. The molecule has 0 amide bonds. The third-order valence-corrected chi connectivity index (χ3v) is 4.94. The van der Waals surface area contributed by atoms with E-state index in [2.05, 4.69) is 0 Å². The first-order chi connectivity index (χ1) is 11.3. The predicted octanol–water partition coefficient (Wildman–Crippen LogP) is -4.69. The summed E-state index contributed by atoms with van der Waals surface area (Å²) >= 11 is 0. The van der Waals surface area contributed by atoms with Crippen LogP contribution in [0.3, 0.4) is 0 Å². The summed E-state index contributed by atoms with van der Waals surface area (Å²) in [5.41, 5.74) is -1.26. The van der Waals surface area contributed by atoms with Gasteiger partial charge in [-0.15, -0.1) is 0 Å². The van der Waals surface area contributed by atoms with E-state index in [9.17, 15) is 35.7 Å². The summed E-state index contributed by atoms with van der Waals surface area (Å²) in [4.78, 5) is 0. The third kappa shape index (κ3) is 3.58. The lowest BCUT2D eigenvalue weighted by molar-refractivity contribution is -0.241. The molecule has 0 aromatic heterocycles. The Kier molecular flexibility index (Phi) is 6.53. The van der Waals surface area contributed by atoms with Gasteiger partial charge in [0, 0.05) is 5.41 Å². The fourth-order valence-corrected chi connectivity index (χ4v) is 3.27. The van der Waals surface area contributed by atoms with Crippen molar-refractivity contribution in [3.63, 3.8) is 0 Å². The topological polar surface area (TPSA) is 180 Å². The molecule has 9 atom stereocenters. The van der Waals surface area contributed by atoms with E-state index in [0.29, 0.717) is 0 Å². The Morgan fingerprint density at radius 1 is 0.875 bits per heavy atom. The normalized spacial score (nSPS) is 49.5. The first-order valence-corrected chi connectivity index (χ1v) is 7.80.